The molecule has 2 rings (SSSR count). The summed E-state index contributed by atoms with van der Waals surface area (Å²) in [6, 6.07) is 7.22. The quantitative estimate of drug-likeness (QED) is 0.590. The number of carbonyl (C=O) groups excluding carboxylic acids is 1. The van der Waals surface area contributed by atoms with Crippen molar-refractivity contribution in [3.8, 4) is 0 Å². The number of carbonyl (C=O) groups is 1. The first-order valence-corrected chi connectivity index (χ1v) is 3.65. The third-order valence-electron chi connectivity index (χ3n) is 1.86. The summed E-state index contributed by atoms with van der Waals surface area (Å²) in [7, 11) is 1.51. The van der Waals surface area contributed by atoms with E-state index in [-0.39, 0.29) is 5.97 Å². The Morgan fingerprint density at radius 2 is 2.17 bits per heavy atom. The summed E-state index contributed by atoms with van der Waals surface area (Å²) in [6.07, 6.45) is -0.520. The van der Waals surface area contributed by atoms with Crippen molar-refractivity contribution in [1.82, 2.24) is 0 Å². The van der Waals surface area contributed by atoms with Gasteiger partial charge in [-0.2, -0.15) is 0 Å². The summed E-state index contributed by atoms with van der Waals surface area (Å²) in [4.78, 5) is 11.1. The van der Waals surface area contributed by atoms with Crippen molar-refractivity contribution in [2.75, 3.05) is 7.11 Å². The van der Waals surface area contributed by atoms with E-state index in [1.807, 2.05) is 12.1 Å². The van der Waals surface area contributed by atoms with Crippen molar-refractivity contribution in [3.63, 3.8) is 0 Å². The molecule has 1 atom stereocenters. The molecule has 1 heterocycles. The highest BCUT2D eigenvalue weighted by Gasteiger charge is 2.29. The molecule has 0 fully saturated rings. The van der Waals surface area contributed by atoms with E-state index in [1.54, 1.807) is 12.1 Å². The fourth-order valence-corrected chi connectivity index (χ4v) is 1.29. The minimum atomic E-state index is -0.520. The molecule has 0 aliphatic carbocycles. The van der Waals surface area contributed by atoms with Crippen LogP contribution in [0.1, 0.15) is 22.2 Å². The SMILES string of the molecule is CO[C@@H]1OC(=O)c2ccccc21. The number of benzene rings is 1. The fourth-order valence-electron chi connectivity index (χ4n) is 1.29. The van der Waals surface area contributed by atoms with E-state index >= 15 is 0 Å². The summed E-state index contributed by atoms with van der Waals surface area (Å²) < 4.78 is 9.88. The Kier molecular flexibility index (Phi) is 1.59. The van der Waals surface area contributed by atoms with Gasteiger partial charge in [-0.15, -0.1) is 0 Å². The molecule has 1 aliphatic heterocycles. The van der Waals surface area contributed by atoms with Gasteiger partial charge in [0.15, 0.2) is 0 Å². The number of cyclic esters (lactones) is 1. The summed E-state index contributed by atoms with van der Waals surface area (Å²) in [5.41, 5.74) is 1.41. The second-order valence-corrected chi connectivity index (χ2v) is 2.56. The predicted octanol–water partition coefficient (Wildman–Crippen LogP) is 1.50. The summed E-state index contributed by atoms with van der Waals surface area (Å²) in [5, 5.41) is 0. The minimum absolute atomic E-state index is 0.308. The van der Waals surface area contributed by atoms with E-state index in [2.05, 4.69) is 0 Å². The largest absolute Gasteiger partial charge is 0.428 e. The van der Waals surface area contributed by atoms with Crippen LogP contribution in [-0.4, -0.2) is 13.1 Å². The molecule has 1 aromatic rings. The molecule has 0 unspecified atom stereocenters. The van der Waals surface area contributed by atoms with Gasteiger partial charge in [0.05, 0.1) is 5.56 Å². The maximum atomic E-state index is 11.1. The summed E-state index contributed by atoms with van der Waals surface area (Å²) >= 11 is 0. The van der Waals surface area contributed by atoms with Gasteiger partial charge < -0.3 is 9.47 Å². The molecule has 3 nitrogen and oxygen atoms in total. The standard InChI is InChI=1S/C9H8O3/c1-11-9-7-5-3-2-4-6(7)8(10)12-9/h2-5,9H,1H3/t9-/m1/s1. The van der Waals surface area contributed by atoms with Crippen LogP contribution in [0.15, 0.2) is 24.3 Å². The number of fused-ring (bicyclic) bond motifs is 1. The number of hydrogen-bond donors (Lipinski definition) is 0. The van der Waals surface area contributed by atoms with Crippen molar-refractivity contribution in [2.24, 2.45) is 0 Å². The average molecular weight is 164 g/mol. The van der Waals surface area contributed by atoms with E-state index in [4.69, 9.17) is 9.47 Å². The van der Waals surface area contributed by atoms with Gasteiger partial charge >= 0.3 is 5.97 Å². The third-order valence-corrected chi connectivity index (χ3v) is 1.86. The monoisotopic (exact) mass is 164 g/mol. The van der Waals surface area contributed by atoms with Crippen molar-refractivity contribution in [1.29, 1.82) is 0 Å². The topological polar surface area (TPSA) is 35.5 Å². The Bertz CT molecular complexity index is 319. The molecule has 62 valence electrons. The average Bonchev–Trinajstić information content (AvgIpc) is 2.44. The van der Waals surface area contributed by atoms with Gasteiger partial charge in [0.25, 0.3) is 0 Å². The van der Waals surface area contributed by atoms with Crippen LogP contribution in [0.2, 0.25) is 0 Å². The number of hydrogen-bond acceptors (Lipinski definition) is 3. The fraction of sp³-hybridized carbons (Fsp3) is 0.222. The van der Waals surface area contributed by atoms with Gasteiger partial charge in [0.2, 0.25) is 6.29 Å². The molecular formula is C9H8O3. The second-order valence-electron chi connectivity index (χ2n) is 2.56. The lowest BCUT2D eigenvalue weighted by Crippen LogP contribution is -1.99. The molecule has 0 amide bonds. The van der Waals surface area contributed by atoms with Crippen molar-refractivity contribution >= 4 is 5.97 Å². The lowest BCUT2D eigenvalue weighted by molar-refractivity contribution is -0.0815. The van der Waals surface area contributed by atoms with Crippen LogP contribution < -0.4 is 0 Å². The number of methoxy groups -OCH3 is 1. The van der Waals surface area contributed by atoms with Gasteiger partial charge in [0.1, 0.15) is 0 Å². The highest BCUT2D eigenvalue weighted by Crippen LogP contribution is 2.30. The van der Waals surface area contributed by atoms with Gasteiger partial charge in [-0.1, -0.05) is 18.2 Å². The van der Waals surface area contributed by atoms with Crippen molar-refractivity contribution in [3.05, 3.63) is 35.4 Å². The number of ether oxygens (including phenoxy) is 2. The number of rotatable bonds is 1. The highest BCUT2D eigenvalue weighted by atomic mass is 16.7. The molecule has 0 saturated heterocycles. The third kappa shape index (κ3) is 0.905. The Labute approximate surface area is 69.9 Å². The van der Waals surface area contributed by atoms with Gasteiger partial charge in [0, 0.05) is 12.7 Å². The van der Waals surface area contributed by atoms with Crippen molar-refractivity contribution in [2.45, 2.75) is 6.29 Å². The van der Waals surface area contributed by atoms with E-state index in [0.29, 0.717) is 5.56 Å². The molecule has 0 spiro atoms. The van der Waals surface area contributed by atoms with Crippen molar-refractivity contribution < 1.29 is 14.3 Å². The van der Waals surface area contributed by atoms with Crippen LogP contribution >= 0.6 is 0 Å². The zero-order valence-electron chi connectivity index (χ0n) is 6.61. The molecule has 0 radical (unpaired) electrons. The van der Waals surface area contributed by atoms with Crippen LogP contribution in [-0.2, 0) is 9.47 Å². The van der Waals surface area contributed by atoms with Crippen LogP contribution in [0.25, 0.3) is 0 Å². The molecule has 12 heavy (non-hydrogen) atoms. The Hall–Kier alpha value is -1.35. The first-order chi connectivity index (χ1) is 5.83. The first-order valence-electron chi connectivity index (χ1n) is 3.65. The van der Waals surface area contributed by atoms with E-state index in [1.165, 1.54) is 7.11 Å². The molecule has 0 bridgehead atoms. The summed E-state index contributed by atoms with van der Waals surface area (Å²) in [5.74, 6) is -0.308. The van der Waals surface area contributed by atoms with Gasteiger partial charge in [-0.25, -0.2) is 4.79 Å². The Morgan fingerprint density at radius 3 is 2.92 bits per heavy atom. The molecule has 0 saturated carbocycles. The first kappa shape index (κ1) is 7.31. The lowest BCUT2D eigenvalue weighted by Gasteiger charge is -2.06. The zero-order chi connectivity index (χ0) is 8.55. The maximum Gasteiger partial charge on any atom is 0.341 e. The maximum absolute atomic E-state index is 11.1. The molecule has 0 aromatic heterocycles. The van der Waals surface area contributed by atoms with Gasteiger partial charge in [-0.3, -0.25) is 0 Å². The Morgan fingerprint density at radius 1 is 1.42 bits per heavy atom. The minimum Gasteiger partial charge on any atom is -0.428 e. The zero-order valence-corrected chi connectivity index (χ0v) is 6.61. The van der Waals surface area contributed by atoms with E-state index in [0.717, 1.165) is 5.56 Å². The van der Waals surface area contributed by atoms with Gasteiger partial charge in [-0.05, 0) is 6.07 Å². The second kappa shape index (κ2) is 2.60. The molecular weight excluding hydrogens is 156 g/mol. The number of esters is 1. The normalized spacial score (nSPS) is 20.4. The molecule has 1 aromatic carbocycles. The summed E-state index contributed by atoms with van der Waals surface area (Å²) in [6.45, 7) is 0. The Balaban J connectivity index is 2.50. The molecule has 3 heteroatoms. The predicted molar refractivity (Wildman–Crippen MR) is 41.6 cm³/mol. The smallest absolute Gasteiger partial charge is 0.341 e. The molecule has 1 aliphatic rings. The van der Waals surface area contributed by atoms with Crippen LogP contribution in [0.4, 0.5) is 0 Å². The van der Waals surface area contributed by atoms with E-state index < -0.39 is 6.29 Å². The van der Waals surface area contributed by atoms with Crippen LogP contribution in [0, 0.1) is 0 Å². The molecule has 0 N–H and O–H groups in total. The highest BCUT2D eigenvalue weighted by molar-refractivity contribution is 5.93. The van der Waals surface area contributed by atoms with Crippen LogP contribution in [0.3, 0.4) is 0 Å². The lowest BCUT2D eigenvalue weighted by atomic mass is 10.1. The van der Waals surface area contributed by atoms with E-state index in [9.17, 15) is 4.79 Å². The van der Waals surface area contributed by atoms with Crippen LogP contribution in [0.5, 0.6) is 0 Å².